The van der Waals surface area contributed by atoms with E-state index in [0.717, 1.165) is 23.4 Å². The number of carbonyl (C=O) groups is 1. The fourth-order valence-corrected chi connectivity index (χ4v) is 2.58. The molecule has 2 N–H and O–H groups in total. The van der Waals surface area contributed by atoms with Gasteiger partial charge in [-0.2, -0.15) is 0 Å². The number of nitrogens with two attached hydrogens (primary N) is 1. The number of carbonyl (C=O) groups excluding carboxylic acids is 1. The second-order valence-electron chi connectivity index (χ2n) is 5.13. The van der Waals surface area contributed by atoms with E-state index in [4.69, 9.17) is 10.5 Å². The first-order valence-corrected chi connectivity index (χ1v) is 7.10. The Morgan fingerprint density at radius 3 is 2.86 bits per heavy atom. The molecule has 4 nitrogen and oxygen atoms in total. The molecule has 4 heteroatoms. The lowest BCUT2D eigenvalue weighted by Crippen LogP contribution is -2.28. The first kappa shape index (κ1) is 13.5. The van der Waals surface area contributed by atoms with Gasteiger partial charge in [-0.3, -0.25) is 4.79 Å². The topological polar surface area (TPSA) is 55.6 Å². The van der Waals surface area contributed by atoms with E-state index in [-0.39, 0.29) is 5.91 Å². The van der Waals surface area contributed by atoms with E-state index in [9.17, 15) is 4.79 Å². The number of para-hydroxylation sites is 1. The van der Waals surface area contributed by atoms with Crippen LogP contribution in [-0.2, 0) is 11.2 Å². The van der Waals surface area contributed by atoms with Crippen LogP contribution in [0.25, 0.3) is 0 Å². The van der Waals surface area contributed by atoms with Crippen molar-refractivity contribution in [2.75, 3.05) is 23.8 Å². The van der Waals surface area contributed by atoms with Crippen molar-refractivity contribution < 1.29 is 9.53 Å². The number of amides is 1. The molecule has 0 unspecified atom stereocenters. The standard InChI is InChI=1S/C17H18N2O2/c18-14-6-3-7-15(12-14)21-10-4-9-19-16-8-2-1-5-13(16)11-17(19)20/h1-3,5-8,12H,4,9-11,18H2. The summed E-state index contributed by atoms with van der Waals surface area (Å²) in [5.41, 5.74) is 8.54. The number of hydrogen-bond donors (Lipinski definition) is 1. The van der Waals surface area contributed by atoms with E-state index in [0.29, 0.717) is 25.3 Å². The largest absolute Gasteiger partial charge is 0.493 e. The third-order valence-electron chi connectivity index (χ3n) is 3.58. The molecule has 0 saturated heterocycles. The van der Waals surface area contributed by atoms with E-state index in [1.165, 1.54) is 0 Å². The van der Waals surface area contributed by atoms with Gasteiger partial charge >= 0.3 is 0 Å². The average Bonchev–Trinajstić information content (AvgIpc) is 2.79. The number of hydrogen-bond acceptors (Lipinski definition) is 3. The first-order chi connectivity index (χ1) is 10.2. The van der Waals surface area contributed by atoms with Crippen molar-refractivity contribution >= 4 is 17.3 Å². The van der Waals surface area contributed by atoms with Crippen LogP contribution < -0.4 is 15.4 Å². The molecule has 0 radical (unpaired) electrons. The van der Waals surface area contributed by atoms with E-state index in [1.807, 2.05) is 47.4 Å². The number of benzene rings is 2. The van der Waals surface area contributed by atoms with Crippen molar-refractivity contribution in [2.24, 2.45) is 0 Å². The van der Waals surface area contributed by atoms with E-state index >= 15 is 0 Å². The summed E-state index contributed by atoms with van der Waals surface area (Å²) in [7, 11) is 0. The molecule has 0 atom stereocenters. The number of ether oxygens (including phenoxy) is 1. The summed E-state index contributed by atoms with van der Waals surface area (Å²) in [6, 6.07) is 15.3. The minimum Gasteiger partial charge on any atom is -0.493 e. The molecule has 2 aromatic carbocycles. The Bertz CT molecular complexity index is 655. The van der Waals surface area contributed by atoms with Crippen LogP contribution in [0.4, 0.5) is 11.4 Å². The van der Waals surface area contributed by atoms with Gasteiger partial charge in [0.2, 0.25) is 5.91 Å². The van der Waals surface area contributed by atoms with Crippen LogP contribution in [-0.4, -0.2) is 19.1 Å². The maximum absolute atomic E-state index is 12.0. The lowest BCUT2D eigenvalue weighted by molar-refractivity contribution is -0.117. The molecule has 0 saturated carbocycles. The Hall–Kier alpha value is -2.49. The second-order valence-corrected chi connectivity index (χ2v) is 5.13. The molecular weight excluding hydrogens is 264 g/mol. The smallest absolute Gasteiger partial charge is 0.231 e. The normalized spacial score (nSPS) is 13.3. The molecule has 108 valence electrons. The molecule has 0 aliphatic carbocycles. The maximum Gasteiger partial charge on any atom is 0.231 e. The Balaban J connectivity index is 1.53. The van der Waals surface area contributed by atoms with Gasteiger partial charge in [-0.1, -0.05) is 24.3 Å². The molecule has 21 heavy (non-hydrogen) atoms. The number of rotatable bonds is 5. The summed E-state index contributed by atoms with van der Waals surface area (Å²) in [6.45, 7) is 1.24. The van der Waals surface area contributed by atoms with E-state index < -0.39 is 0 Å². The molecule has 0 fully saturated rings. The predicted octanol–water partition coefficient (Wildman–Crippen LogP) is 2.63. The van der Waals surface area contributed by atoms with Gasteiger partial charge in [0.15, 0.2) is 0 Å². The quantitative estimate of drug-likeness (QED) is 0.677. The summed E-state index contributed by atoms with van der Waals surface area (Å²) in [5, 5.41) is 0. The summed E-state index contributed by atoms with van der Waals surface area (Å²) < 4.78 is 5.65. The minimum absolute atomic E-state index is 0.167. The molecule has 3 rings (SSSR count). The predicted molar refractivity (Wildman–Crippen MR) is 83.5 cm³/mol. The second kappa shape index (κ2) is 5.87. The third-order valence-corrected chi connectivity index (χ3v) is 3.58. The van der Waals surface area contributed by atoms with Crippen molar-refractivity contribution in [3.8, 4) is 5.75 Å². The summed E-state index contributed by atoms with van der Waals surface area (Å²) in [4.78, 5) is 13.9. The zero-order valence-electron chi connectivity index (χ0n) is 11.8. The van der Waals surface area contributed by atoms with Crippen molar-refractivity contribution in [2.45, 2.75) is 12.8 Å². The number of fused-ring (bicyclic) bond motifs is 1. The van der Waals surface area contributed by atoms with Crippen LogP contribution >= 0.6 is 0 Å². The average molecular weight is 282 g/mol. The third kappa shape index (κ3) is 2.99. The van der Waals surface area contributed by atoms with E-state index in [2.05, 4.69) is 0 Å². The molecule has 0 spiro atoms. The number of nitrogen functional groups attached to an aromatic ring is 1. The lowest BCUT2D eigenvalue weighted by Gasteiger charge is -2.17. The zero-order valence-corrected chi connectivity index (χ0v) is 11.8. The SMILES string of the molecule is Nc1cccc(OCCCN2C(=O)Cc3ccccc32)c1. The van der Waals surface area contributed by atoms with Gasteiger partial charge in [-0.25, -0.2) is 0 Å². The Labute approximate surface area is 124 Å². The fourth-order valence-electron chi connectivity index (χ4n) is 2.58. The van der Waals surface area contributed by atoms with Crippen LogP contribution in [0.1, 0.15) is 12.0 Å². The van der Waals surface area contributed by atoms with Gasteiger partial charge in [-0.05, 0) is 30.2 Å². The highest BCUT2D eigenvalue weighted by Crippen LogP contribution is 2.28. The van der Waals surface area contributed by atoms with E-state index in [1.54, 1.807) is 6.07 Å². The molecule has 2 aromatic rings. The molecule has 0 bridgehead atoms. The number of anilines is 2. The monoisotopic (exact) mass is 282 g/mol. The summed E-state index contributed by atoms with van der Waals surface area (Å²) in [6.07, 6.45) is 1.29. The Morgan fingerprint density at radius 2 is 2.00 bits per heavy atom. The van der Waals surface area contributed by atoms with Crippen LogP contribution in [0.15, 0.2) is 48.5 Å². The van der Waals surface area contributed by atoms with Crippen molar-refractivity contribution in [1.29, 1.82) is 0 Å². The maximum atomic E-state index is 12.0. The van der Waals surface area contributed by atoms with Crippen molar-refractivity contribution in [3.05, 3.63) is 54.1 Å². The highest BCUT2D eigenvalue weighted by atomic mass is 16.5. The van der Waals surface area contributed by atoms with Gasteiger partial charge in [0.05, 0.1) is 13.0 Å². The Kier molecular flexibility index (Phi) is 3.77. The summed E-state index contributed by atoms with van der Waals surface area (Å²) >= 11 is 0. The van der Waals surface area contributed by atoms with Crippen LogP contribution in [0, 0.1) is 0 Å². The molecular formula is C17H18N2O2. The Morgan fingerprint density at radius 1 is 1.14 bits per heavy atom. The van der Waals surface area contributed by atoms with Gasteiger partial charge in [0, 0.05) is 24.0 Å². The zero-order chi connectivity index (χ0) is 14.7. The molecule has 0 aromatic heterocycles. The van der Waals surface area contributed by atoms with Gasteiger partial charge < -0.3 is 15.4 Å². The highest BCUT2D eigenvalue weighted by molar-refractivity contribution is 6.01. The molecule has 1 heterocycles. The van der Waals surface area contributed by atoms with Gasteiger partial charge in [-0.15, -0.1) is 0 Å². The fraction of sp³-hybridized carbons (Fsp3) is 0.235. The van der Waals surface area contributed by atoms with Gasteiger partial charge in [0.25, 0.3) is 0 Å². The molecule has 1 aliphatic rings. The lowest BCUT2D eigenvalue weighted by atomic mass is 10.2. The minimum atomic E-state index is 0.167. The number of nitrogens with zero attached hydrogens (tertiary/aromatic N) is 1. The highest BCUT2D eigenvalue weighted by Gasteiger charge is 2.25. The van der Waals surface area contributed by atoms with Crippen LogP contribution in [0.5, 0.6) is 5.75 Å². The van der Waals surface area contributed by atoms with Crippen LogP contribution in [0.2, 0.25) is 0 Å². The van der Waals surface area contributed by atoms with Crippen molar-refractivity contribution in [3.63, 3.8) is 0 Å². The summed E-state index contributed by atoms with van der Waals surface area (Å²) in [5.74, 6) is 0.934. The molecule has 1 aliphatic heterocycles. The van der Waals surface area contributed by atoms with Gasteiger partial charge in [0.1, 0.15) is 5.75 Å². The van der Waals surface area contributed by atoms with Crippen molar-refractivity contribution in [1.82, 2.24) is 0 Å². The molecule has 1 amide bonds. The van der Waals surface area contributed by atoms with Crippen LogP contribution in [0.3, 0.4) is 0 Å². The first-order valence-electron chi connectivity index (χ1n) is 7.10.